The van der Waals surface area contributed by atoms with Crippen LogP contribution in [-0.2, 0) is 4.79 Å². The Bertz CT molecular complexity index is 656. The highest BCUT2D eigenvalue weighted by molar-refractivity contribution is 5.73. The second kappa shape index (κ2) is 5.91. The maximum atomic E-state index is 11.5. The Hall–Kier alpha value is -2.17. The smallest absolute Gasteiger partial charge is 0.219 e. The summed E-state index contributed by atoms with van der Waals surface area (Å²) in [6, 6.07) is 4.14. The number of carbonyl (C=O) groups is 1. The summed E-state index contributed by atoms with van der Waals surface area (Å²) in [6.45, 7) is 7.12. The molecule has 1 aliphatic rings. The Balaban J connectivity index is 1.81. The number of rotatable bonds is 2. The third-order valence-electron chi connectivity index (χ3n) is 4.39. The van der Waals surface area contributed by atoms with E-state index in [2.05, 4.69) is 22.3 Å². The van der Waals surface area contributed by atoms with Crippen molar-refractivity contribution in [3.63, 3.8) is 0 Å². The molecule has 1 saturated heterocycles. The zero-order valence-electron chi connectivity index (χ0n) is 13.3. The summed E-state index contributed by atoms with van der Waals surface area (Å²) in [5.41, 5.74) is 3.99. The number of likely N-dealkylation sites (tertiary alicyclic amines) is 1. The molecule has 0 aromatic carbocycles. The van der Waals surface area contributed by atoms with Gasteiger partial charge < -0.3 is 9.42 Å². The lowest BCUT2D eigenvalue weighted by molar-refractivity contribution is -0.130. The summed E-state index contributed by atoms with van der Waals surface area (Å²) in [6.07, 6.45) is 4.01. The van der Waals surface area contributed by atoms with Gasteiger partial charge in [-0.25, -0.2) is 0 Å². The van der Waals surface area contributed by atoms with Gasteiger partial charge in [-0.05, 0) is 32.8 Å². The average molecular weight is 299 g/mol. The molecule has 1 amide bonds. The van der Waals surface area contributed by atoms with E-state index >= 15 is 0 Å². The molecule has 3 rings (SSSR count). The predicted molar refractivity (Wildman–Crippen MR) is 83.4 cm³/mol. The fourth-order valence-corrected chi connectivity index (χ4v) is 3.19. The largest absolute Gasteiger partial charge is 0.361 e. The molecule has 0 spiro atoms. The summed E-state index contributed by atoms with van der Waals surface area (Å²) in [5, 5.41) is 3.99. The molecule has 0 bridgehead atoms. The molecule has 2 aromatic rings. The molecule has 3 heterocycles. The van der Waals surface area contributed by atoms with Gasteiger partial charge in [0.15, 0.2) is 0 Å². The monoisotopic (exact) mass is 299 g/mol. The summed E-state index contributed by atoms with van der Waals surface area (Å²) in [7, 11) is 0. The highest BCUT2D eigenvalue weighted by Crippen LogP contribution is 2.29. The highest BCUT2D eigenvalue weighted by Gasteiger charge is 2.24. The molecule has 0 saturated carbocycles. The number of amides is 1. The van der Waals surface area contributed by atoms with Gasteiger partial charge in [0.2, 0.25) is 5.91 Å². The lowest BCUT2D eigenvalue weighted by Gasteiger charge is -2.31. The minimum atomic E-state index is 0.150. The molecule has 1 fully saturated rings. The number of aromatic nitrogens is 2. The zero-order valence-corrected chi connectivity index (χ0v) is 13.3. The minimum absolute atomic E-state index is 0.150. The first-order chi connectivity index (χ1) is 10.6. The predicted octanol–water partition coefficient (Wildman–Crippen LogP) is 3.08. The van der Waals surface area contributed by atoms with E-state index in [1.54, 1.807) is 6.92 Å². The van der Waals surface area contributed by atoms with Crippen LogP contribution >= 0.6 is 0 Å². The number of hydrogen-bond donors (Lipinski definition) is 0. The van der Waals surface area contributed by atoms with Gasteiger partial charge in [0.25, 0.3) is 0 Å². The van der Waals surface area contributed by atoms with Crippen LogP contribution in [0.15, 0.2) is 22.9 Å². The Labute approximate surface area is 130 Å². The Morgan fingerprint density at radius 1 is 1.36 bits per heavy atom. The molecular weight excluding hydrogens is 278 g/mol. The maximum Gasteiger partial charge on any atom is 0.219 e. The molecule has 1 aliphatic heterocycles. The van der Waals surface area contributed by atoms with Crippen molar-refractivity contribution in [2.45, 2.75) is 39.5 Å². The maximum absolute atomic E-state index is 11.5. The van der Waals surface area contributed by atoms with Crippen molar-refractivity contribution < 1.29 is 9.32 Å². The molecule has 116 valence electrons. The van der Waals surface area contributed by atoms with Crippen LogP contribution in [0.4, 0.5) is 0 Å². The van der Waals surface area contributed by atoms with Gasteiger partial charge in [0.1, 0.15) is 5.76 Å². The van der Waals surface area contributed by atoms with Gasteiger partial charge in [-0.15, -0.1) is 0 Å². The van der Waals surface area contributed by atoms with Crippen molar-refractivity contribution in [1.82, 2.24) is 15.0 Å². The van der Waals surface area contributed by atoms with Crippen molar-refractivity contribution >= 4 is 5.91 Å². The normalized spacial score (nSPS) is 18.5. The lowest BCUT2D eigenvalue weighted by atomic mass is 9.93. The van der Waals surface area contributed by atoms with Gasteiger partial charge >= 0.3 is 0 Å². The number of hydrogen-bond acceptors (Lipinski definition) is 4. The molecule has 2 aromatic heterocycles. The molecular formula is C17H21N3O2. The van der Waals surface area contributed by atoms with Crippen LogP contribution in [0.2, 0.25) is 0 Å². The van der Waals surface area contributed by atoms with Crippen molar-refractivity contribution in [3.05, 3.63) is 35.5 Å². The van der Waals surface area contributed by atoms with Crippen LogP contribution in [0.5, 0.6) is 0 Å². The molecule has 0 aliphatic carbocycles. The van der Waals surface area contributed by atoms with Crippen LogP contribution in [0.25, 0.3) is 11.1 Å². The SMILES string of the molecule is CC(=O)N1CCC[C@H](c2ccc(-c3c(C)noc3C)cn2)C1. The summed E-state index contributed by atoms with van der Waals surface area (Å²) in [5.74, 6) is 1.29. The van der Waals surface area contributed by atoms with E-state index in [-0.39, 0.29) is 5.91 Å². The van der Waals surface area contributed by atoms with E-state index < -0.39 is 0 Å². The van der Waals surface area contributed by atoms with Gasteiger partial charge in [-0.3, -0.25) is 9.78 Å². The van der Waals surface area contributed by atoms with Gasteiger partial charge in [-0.2, -0.15) is 0 Å². The van der Waals surface area contributed by atoms with Crippen molar-refractivity contribution in [3.8, 4) is 11.1 Å². The van der Waals surface area contributed by atoms with Crippen LogP contribution < -0.4 is 0 Å². The first-order valence-electron chi connectivity index (χ1n) is 7.71. The molecule has 0 radical (unpaired) electrons. The van der Waals surface area contributed by atoms with Crippen LogP contribution in [0.3, 0.4) is 0 Å². The minimum Gasteiger partial charge on any atom is -0.361 e. The van der Waals surface area contributed by atoms with Crippen LogP contribution in [0.1, 0.15) is 42.8 Å². The number of pyridine rings is 1. The Kier molecular flexibility index (Phi) is 3.96. The lowest BCUT2D eigenvalue weighted by Crippen LogP contribution is -2.37. The number of carbonyl (C=O) groups excluding carboxylic acids is 1. The van der Waals surface area contributed by atoms with E-state index in [1.165, 1.54) is 0 Å². The van der Waals surface area contributed by atoms with Gasteiger partial charge in [0.05, 0.1) is 5.69 Å². The summed E-state index contributed by atoms with van der Waals surface area (Å²) >= 11 is 0. The Morgan fingerprint density at radius 3 is 2.77 bits per heavy atom. The zero-order chi connectivity index (χ0) is 15.7. The number of nitrogens with zero attached hydrogens (tertiary/aromatic N) is 3. The molecule has 1 atom stereocenters. The van der Waals surface area contributed by atoms with Gasteiger partial charge in [-0.1, -0.05) is 11.2 Å². The molecule has 0 unspecified atom stereocenters. The third-order valence-corrected chi connectivity index (χ3v) is 4.39. The third kappa shape index (κ3) is 2.75. The standard InChI is InChI=1S/C17H21N3O2/c1-11-17(12(2)22-19-11)14-6-7-16(18-9-14)15-5-4-8-20(10-15)13(3)21/h6-7,9,15H,4-5,8,10H2,1-3H3/t15-/m0/s1. The van der Waals surface area contributed by atoms with E-state index in [0.29, 0.717) is 5.92 Å². The van der Waals surface area contributed by atoms with Gasteiger partial charge in [0, 0.05) is 48.9 Å². The second-order valence-electron chi connectivity index (χ2n) is 5.98. The number of aryl methyl sites for hydroxylation is 2. The van der Waals surface area contributed by atoms with E-state index in [0.717, 1.165) is 54.2 Å². The Morgan fingerprint density at radius 2 is 2.18 bits per heavy atom. The highest BCUT2D eigenvalue weighted by atomic mass is 16.5. The molecule has 5 heteroatoms. The van der Waals surface area contributed by atoms with Crippen LogP contribution in [-0.4, -0.2) is 34.0 Å². The molecule has 22 heavy (non-hydrogen) atoms. The van der Waals surface area contributed by atoms with E-state index in [1.807, 2.05) is 24.9 Å². The van der Waals surface area contributed by atoms with Crippen molar-refractivity contribution in [1.29, 1.82) is 0 Å². The average Bonchev–Trinajstić information content (AvgIpc) is 2.86. The summed E-state index contributed by atoms with van der Waals surface area (Å²) in [4.78, 5) is 18.1. The van der Waals surface area contributed by atoms with E-state index in [4.69, 9.17) is 4.52 Å². The molecule has 0 N–H and O–H groups in total. The fourth-order valence-electron chi connectivity index (χ4n) is 3.19. The van der Waals surface area contributed by atoms with Crippen LogP contribution in [0, 0.1) is 13.8 Å². The van der Waals surface area contributed by atoms with Crippen molar-refractivity contribution in [2.24, 2.45) is 0 Å². The summed E-state index contributed by atoms with van der Waals surface area (Å²) < 4.78 is 5.21. The second-order valence-corrected chi connectivity index (χ2v) is 5.98. The first-order valence-corrected chi connectivity index (χ1v) is 7.71. The van der Waals surface area contributed by atoms with Crippen molar-refractivity contribution in [2.75, 3.05) is 13.1 Å². The molecule has 5 nitrogen and oxygen atoms in total. The first kappa shape index (κ1) is 14.8. The fraction of sp³-hybridized carbons (Fsp3) is 0.471. The quantitative estimate of drug-likeness (QED) is 0.855. The topological polar surface area (TPSA) is 59.2 Å². The van der Waals surface area contributed by atoms with E-state index in [9.17, 15) is 4.79 Å². The number of piperidine rings is 1.